The van der Waals surface area contributed by atoms with Gasteiger partial charge in [-0.15, -0.1) is 0 Å². The van der Waals surface area contributed by atoms with E-state index in [1.54, 1.807) is 23.9 Å². The molecular formula is C30H36N6O2. The van der Waals surface area contributed by atoms with Gasteiger partial charge in [-0.3, -0.25) is 19.1 Å². The van der Waals surface area contributed by atoms with Gasteiger partial charge in [-0.05, 0) is 87.0 Å². The summed E-state index contributed by atoms with van der Waals surface area (Å²) in [4.78, 5) is 31.7. The van der Waals surface area contributed by atoms with Crippen LogP contribution in [0, 0.1) is 13.8 Å². The first-order valence-electron chi connectivity index (χ1n) is 13.2. The topological polar surface area (TPSA) is 98.2 Å². The first-order valence-corrected chi connectivity index (χ1v) is 13.2. The van der Waals surface area contributed by atoms with Crippen molar-refractivity contribution >= 4 is 22.6 Å². The molecule has 2 atom stereocenters. The zero-order chi connectivity index (χ0) is 27.1. The minimum absolute atomic E-state index is 0.0835. The molecule has 1 amide bonds. The lowest BCUT2D eigenvalue weighted by Gasteiger charge is -2.38. The monoisotopic (exact) mass is 512 g/mol. The largest absolute Gasteiger partial charge is 0.388 e. The second kappa shape index (κ2) is 10.1. The van der Waals surface area contributed by atoms with Crippen LogP contribution < -0.4 is 16.6 Å². The van der Waals surface area contributed by atoms with E-state index < -0.39 is 0 Å². The number of piperidine rings is 1. The maximum atomic E-state index is 12.8. The van der Waals surface area contributed by atoms with Crippen LogP contribution >= 0.6 is 0 Å². The molecule has 0 radical (unpaired) electrons. The van der Waals surface area contributed by atoms with Crippen molar-refractivity contribution in [3.63, 3.8) is 0 Å². The van der Waals surface area contributed by atoms with Crippen molar-refractivity contribution < 1.29 is 4.79 Å². The Bertz CT molecular complexity index is 1580. The zero-order valence-electron chi connectivity index (χ0n) is 22.8. The number of pyridine rings is 2. The van der Waals surface area contributed by atoms with Crippen LogP contribution in [0.5, 0.6) is 0 Å². The minimum Gasteiger partial charge on any atom is -0.388 e. The molecular weight excluding hydrogens is 476 g/mol. The second-order valence-corrected chi connectivity index (χ2v) is 10.5. The zero-order valence-corrected chi connectivity index (χ0v) is 22.8. The first kappa shape index (κ1) is 25.7. The molecule has 0 bridgehead atoms. The Balaban J connectivity index is 1.38. The molecule has 4 aromatic rings. The lowest BCUT2D eigenvalue weighted by Crippen LogP contribution is -2.40. The molecule has 5 rings (SSSR count). The number of carbonyl (C=O) groups is 1. The average Bonchev–Trinajstić information content (AvgIpc) is 3.22. The molecule has 4 heterocycles. The number of carbonyl (C=O) groups excluding carboxylic acids is 1. The fourth-order valence-electron chi connectivity index (χ4n) is 5.95. The van der Waals surface area contributed by atoms with Crippen LogP contribution in [-0.2, 0) is 13.6 Å². The Morgan fingerprint density at radius 1 is 1.16 bits per heavy atom. The van der Waals surface area contributed by atoms with Gasteiger partial charge in [0.15, 0.2) is 0 Å². The van der Waals surface area contributed by atoms with Crippen LogP contribution in [-0.4, -0.2) is 44.6 Å². The number of nitrogens with two attached hydrogens (primary N) is 1. The van der Waals surface area contributed by atoms with Crippen molar-refractivity contribution in [3.8, 4) is 5.69 Å². The Kier molecular flexibility index (Phi) is 6.84. The van der Waals surface area contributed by atoms with Gasteiger partial charge in [0.2, 0.25) is 5.91 Å². The van der Waals surface area contributed by atoms with E-state index in [4.69, 9.17) is 5.73 Å². The minimum atomic E-state index is -0.368. The van der Waals surface area contributed by atoms with Crippen molar-refractivity contribution in [2.24, 2.45) is 12.8 Å². The maximum Gasteiger partial charge on any atom is 0.257 e. The van der Waals surface area contributed by atoms with E-state index in [1.165, 1.54) is 16.8 Å². The van der Waals surface area contributed by atoms with Gasteiger partial charge in [0, 0.05) is 67.5 Å². The van der Waals surface area contributed by atoms with Crippen molar-refractivity contribution in [1.29, 1.82) is 0 Å². The number of nitrogens with zero attached hydrogens (tertiary/aromatic N) is 4. The lowest BCUT2D eigenvalue weighted by molar-refractivity contribution is 0.0999. The SMILES string of the molecule is CNc1ccn(-c2ccnc3c2cc(CN2CC[C@H](c4ccc(C(N)=O)c(C)c4C)C[C@H]2C)n3C)c(=O)c1. The summed E-state index contributed by atoms with van der Waals surface area (Å²) >= 11 is 0. The van der Waals surface area contributed by atoms with E-state index in [9.17, 15) is 9.59 Å². The molecule has 1 aromatic carbocycles. The van der Waals surface area contributed by atoms with E-state index in [-0.39, 0.29) is 11.5 Å². The molecule has 3 N–H and O–H groups in total. The summed E-state index contributed by atoms with van der Waals surface area (Å²) in [5, 5.41) is 3.98. The predicted octanol–water partition coefficient (Wildman–Crippen LogP) is 4.25. The van der Waals surface area contributed by atoms with Crippen LogP contribution in [0.15, 0.2) is 53.6 Å². The highest BCUT2D eigenvalue weighted by Gasteiger charge is 2.29. The molecule has 8 nitrogen and oxygen atoms in total. The fourth-order valence-corrected chi connectivity index (χ4v) is 5.95. The summed E-state index contributed by atoms with van der Waals surface area (Å²) in [6.07, 6.45) is 5.68. The Labute approximate surface area is 223 Å². The summed E-state index contributed by atoms with van der Waals surface area (Å²) in [7, 11) is 3.85. The number of nitrogens with one attached hydrogen (secondary N) is 1. The molecule has 38 heavy (non-hydrogen) atoms. The van der Waals surface area contributed by atoms with Gasteiger partial charge < -0.3 is 15.6 Å². The number of hydrogen-bond acceptors (Lipinski definition) is 5. The van der Waals surface area contributed by atoms with E-state index >= 15 is 0 Å². The van der Waals surface area contributed by atoms with Crippen LogP contribution in [0.1, 0.15) is 58.4 Å². The number of anilines is 1. The number of fused-ring (bicyclic) bond motifs is 1. The van der Waals surface area contributed by atoms with E-state index in [2.05, 4.69) is 45.7 Å². The number of likely N-dealkylation sites (tertiary alicyclic amines) is 1. The average molecular weight is 513 g/mol. The van der Waals surface area contributed by atoms with Gasteiger partial charge in [-0.25, -0.2) is 4.98 Å². The number of rotatable bonds is 6. The molecule has 198 valence electrons. The molecule has 1 aliphatic rings. The van der Waals surface area contributed by atoms with Crippen LogP contribution in [0.4, 0.5) is 5.69 Å². The van der Waals surface area contributed by atoms with Gasteiger partial charge in [0.1, 0.15) is 5.65 Å². The molecule has 0 saturated carbocycles. The molecule has 0 spiro atoms. The molecule has 1 saturated heterocycles. The molecule has 8 heteroatoms. The Morgan fingerprint density at radius 3 is 2.63 bits per heavy atom. The number of aryl methyl sites for hydroxylation is 1. The molecule has 1 fully saturated rings. The summed E-state index contributed by atoms with van der Waals surface area (Å²) in [6, 6.07) is 11.9. The van der Waals surface area contributed by atoms with Crippen LogP contribution in [0.25, 0.3) is 16.7 Å². The van der Waals surface area contributed by atoms with Crippen LogP contribution in [0.2, 0.25) is 0 Å². The number of amides is 1. The van der Waals surface area contributed by atoms with Crippen molar-refractivity contribution in [3.05, 3.63) is 87.1 Å². The summed E-state index contributed by atoms with van der Waals surface area (Å²) in [5.74, 6) is 0.0860. The summed E-state index contributed by atoms with van der Waals surface area (Å²) < 4.78 is 3.82. The molecule has 0 unspecified atom stereocenters. The normalized spacial score (nSPS) is 18.1. The van der Waals surface area contributed by atoms with Gasteiger partial charge in [0.05, 0.1) is 5.69 Å². The highest BCUT2D eigenvalue weighted by Crippen LogP contribution is 2.36. The van der Waals surface area contributed by atoms with E-state index in [1.807, 2.05) is 38.4 Å². The molecule has 1 aliphatic heterocycles. The highest BCUT2D eigenvalue weighted by molar-refractivity contribution is 5.94. The van der Waals surface area contributed by atoms with Crippen LogP contribution in [0.3, 0.4) is 0 Å². The van der Waals surface area contributed by atoms with Crippen molar-refractivity contribution in [2.45, 2.75) is 52.1 Å². The van der Waals surface area contributed by atoms with Gasteiger partial charge in [-0.2, -0.15) is 0 Å². The second-order valence-electron chi connectivity index (χ2n) is 10.5. The van der Waals surface area contributed by atoms with Gasteiger partial charge in [-0.1, -0.05) is 6.07 Å². The standard InChI is InChI=1S/C30H36N6O2/c1-18-14-21(24-6-7-25(29(31)38)20(3)19(24)2)9-12-35(18)17-23-16-26-27(8-11-33-30(26)34(23)5)36-13-10-22(32-4)15-28(36)37/h6-8,10-11,13,15-16,18,21,32H,9,12,14,17H2,1-5H3,(H2,31,38)/t18-,21+/m1/s1. The smallest absolute Gasteiger partial charge is 0.257 e. The van der Waals surface area contributed by atoms with Crippen molar-refractivity contribution in [1.82, 2.24) is 19.0 Å². The van der Waals surface area contributed by atoms with E-state index in [0.717, 1.165) is 53.9 Å². The quantitative estimate of drug-likeness (QED) is 0.403. The summed E-state index contributed by atoms with van der Waals surface area (Å²) in [6.45, 7) is 8.18. The maximum absolute atomic E-state index is 12.8. The number of hydrogen-bond donors (Lipinski definition) is 2. The van der Waals surface area contributed by atoms with Crippen molar-refractivity contribution in [2.75, 3.05) is 18.9 Å². The predicted molar refractivity (Wildman–Crippen MR) is 152 cm³/mol. The van der Waals surface area contributed by atoms with Gasteiger partial charge >= 0.3 is 0 Å². The third-order valence-electron chi connectivity index (χ3n) is 8.39. The third kappa shape index (κ3) is 4.49. The fraction of sp³-hybridized carbons (Fsp3) is 0.367. The number of aromatic nitrogens is 3. The Hall–Kier alpha value is -3.91. The van der Waals surface area contributed by atoms with E-state index in [0.29, 0.717) is 17.5 Å². The molecule has 0 aliphatic carbocycles. The summed E-state index contributed by atoms with van der Waals surface area (Å²) in [5.41, 5.74) is 13.2. The molecule has 3 aromatic heterocycles. The number of benzene rings is 1. The lowest BCUT2D eigenvalue weighted by atomic mass is 9.82. The number of primary amides is 1. The first-order chi connectivity index (χ1) is 18.2. The van der Waals surface area contributed by atoms with Gasteiger partial charge in [0.25, 0.3) is 5.56 Å². The Morgan fingerprint density at radius 2 is 1.95 bits per heavy atom. The third-order valence-corrected chi connectivity index (χ3v) is 8.39. The highest BCUT2D eigenvalue weighted by atomic mass is 16.1.